The number of nitrogens with one attached hydrogen (secondary N) is 1. The Morgan fingerprint density at radius 3 is 2.43 bits per heavy atom. The number of anilines is 1. The molecule has 0 saturated carbocycles. The van der Waals surface area contributed by atoms with E-state index < -0.39 is 0 Å². The van der Waals surface area contributed by atoms with Gasteiger partial charge in [0.25, 0.3) is 0 Å². The summed E-state index contributed by atoms with van der Waals surface area (Å²) in [6, 6.07) is 1.53. The Morgan fingerprint density at radius 1 is 1.29 bits per heavy atom. The van der Waals surface area contributed by atoms with Crippen LogP contribution in [0.15, 0.2) is 6.20 Å². The van der Waals surface area contributed by atoms with E-state index in [0.29, 0.717) is 18.1 Å². The number of likely N-dealkylation sites (N-methyl/N-ethyl adjacent to an activating group) is 1. The summed E-state index contributed by atoms with van der Waals surface area (Å²) in [5, 5.41) is 3.42. The molecule has 0 amide bonds. The molecule has 0 radical (unpaired) electrons. The lowest BCUT2D eigenvalue weighted by atomic mass is 10.1. The molecule has 1 aromatic rings. The minimum absolute atomic E-state index is 0.475. The quantitative estimate of drug-likeness (QED) is 0.916. The van der Waals surface area contributed by atoms with Gasteiger partial charge >= 0.3 is 0 Å². The average Bonchev–Trinajstić information content (AvgIpc) is 2.42. The fourth-order valence-electron chi connectivity index (χ4n) is 2.69. The van der Waals surface area contributed by atoms with Gasteiger partial charge in [-0.2, -0.15) is 0 Å². The van der Waals surface area contributed by atoms with Crippen molar-refractivity contribution in [3.05, 3.63) is 17.5 Å². The van der Waals surface area contributed by atoms with Crippen molar-refractivity contribution >= 4 is 5.95 Å². The van der Waals surface area contributed by atoms with E-state index >= 15 is 0 Å². The first-order valence-corrected chi connectivity index (χ1v) is 7.91. The molecule has 0 spiro atoms. The summed E-state index contributed by atoms with van der Waals surface area (Å²) in [6.45, 7) is 13.7. The van der Waals surface area contributed by atoms with Crippen molar-refractivity contribution in [1.82, 2.24) is 20.2 Å². The molecule has 1 saturated heterocycles. The molecular weight excluding hydrogens is 262 g/mol. The maximum absolute atomic E-state index is 4.72. The zero-order chi connectivity index (χ0) is 15.6. The molecule has 1 N–H and O–H groups in total. The van der Waals surface area contributed by atoms with Crippen LogP contribution >= 0.6 is 0 Å². The van der Waals surface area contributed by atoms with Gasteiger partial charge in [-0.3, -0.25) is 4.90 Å². The third kappa shape index (κ3) is 3.92. The van der Waals surface area contributed by atoms with E-state index in [2.05, 4.69) is 61.8 Å². The predicted molar refractivity (Wildman–Crippen MR) is 87.6 cm³/mol. The van der Waals surface area contributed by atoms with Gasteiger partial charge in [-0.05, 0) is 27.8 Å². The van der Waals surface area contributed by atoms with Crippen LogP contribution in [-0.2, 0) is 6.54 Å². The zero-order valence-electron chi connectivity index (χ0n) is 14.2. The van der Waals surface area contributed by atoms with E-state index in [9.17, 15) is 0 Å². The van der Waals surface area contributed by atoms with Crippen LogP contribution in [0, 0.1) is 6.92 Å². The van der Waals surface area contributed by atoms with Gasteiger partial charge in [0.1, 0.15) is 0 Å². The second kappa shape index (κ2) is 6.71. The maximum Gasteiger partial charge on any atom is 0.225 e. The molecule has 0 bridgehead atoms. The zero-order valence-corrected chi connectivity index (χ0v) is 14.2. The molecule has 5 nitrogen and oxygen atoms in total. The molecule has 0 aliphatic carbocycles. The molecule has 118 valence electrons. The lowest BCUT2D eigenvalue weighted by Gasteiger charge is -2.42. The van der Waals surface area contributed by atoms with E-state index in [1.54, 1.807) is 0 Å². The van der Waals surface area contributed by atoms with Gasteiger partial charge in [0.15, 0.2) is 0 Å². The molecule has 1 aromatic heterocycles. The van der Waals surface area contributed by atoms with Gasteiger partial charge in [0, 0.05) is 55.2 Å². The van der Waals surface area contributed by atoms with Crippen molar-refractivity contribution < 1.29 is 0 Å². The van der Waals surface area contributed by atoms with Crippen molar-refractivity contribution in [2.24, 2.45) is 0 Å². The molecule has 2 unspecified atom stereocenters. The molecule has 0 aromatic carbocycles. The highest BCUT2D eigenvalue weighted by molar-refractivity contribution is 5.34. The van der Waals surface area contributed by atoms with Crippen LogP contribution in [0.4, 0.5) is 5.95 Å². The van der Waals surface area contributed by atoms with Crippen molar-refractivity contribution in [3.8, 4) is 0 Å². The standard InChI is InChI=1S/C16H29N5/c1-11(2)17-7-15-8-18-16(19-14(15)5)21-9-12(3)20(6)13(4)10-21/h8,11-13,17H,7,9-10H2,1-6H3. The second-order valence-electron chi connectivity index (χ2n) is 6.58. The number of aromatic nitrogens is 2. The minimum Gasteiger partial charge on any atom is -0.338 e. The van der Waals surface area contributed by atoms with Crippen LogP contribution in [0.5, 0.6) is 0 Å². The maximum atomic E-state index is 4.72. The lowest BCUT2D eigenvalue weighted by Crippen LogP contribution is -2.55. The number of rotatable bonds is 4. The van der Waals surface area contributed by atoms with E-state index in [-0.39, 0.29) is 0 Å². The number of piperazine rings is 1. The number of nitrogens with zero attached hydrogens (tertiary/aromatic N) is 4. The molecule has 1 aliphatic heterocycles. The van der Waals surface area contributed by atoms with Crippen LogP contribution in [0.25, 0.3) is 0 Å². The Bertz CT molecular complexity index is 462. The van der Waals surface area contributed by atoms with Crippen LogP contribution < -0.4 is 10.2 Å². The summed E-state index contributed by atoms with van der Waals surface area (Å²) in [5.41, 5.74) is 2.26. The summed E-state index contributed by atoms with van der Waals surface area (Å²) in [4.78, 5) is 14.0. The monoisotopic (exact) mass is 291 g/mol. The van der Waals surface area contributed by atoms with E-state index in [1.807, 2.05) is 6.20 Å². The topological polar surface area (TPSA) is 44.3 Å². The Morgan fingerprint density at radius 2 is 1.90 bits per heavy atom. The van der Waals surface area contributed by atoms with Gasteiger partial charge < -0.3 is 10.2 Å². The Balaban J connectivity index is 2.09. The van der Waals surface area contributed by atoms with Crippen molar-refractivity contribution in [2.75, 3.05) is 25.0 Å². The Labute approximate surface area is 128 Å². The molecule has 2 atom stereocenters. The highest BCUT2D eigenvalue weighted by Crippen LogP contribution is 2.19. The molecular formula is C16H29N5. The highest BCUT2D eigenvalue weighted by Gasteiger charge is 2.27. The third-order valence-electron chi connectivity index (χ3n) is 4.41. The van der Waals surface area contributed by atoms with Crippen molar-refractivity contribution in [3.63, 3.8) is 0 Å². The van der Waals surface area contributed by atoms with Gasteiger partial charge in [-0.25, -0.2) is 9.97 Å². The Hall–Kier alpha value is -1.20. The van der Waals surface area contributed by atoms with Crippen LogP contribution in [-0.4, -0.2) is 53.1 Å². The first kappa shape index (κ1) is 16.2. The number of hydrogen-bond acceptors (Lipinski definition) is 5. The van der Waals surface area contributed by atoms with Crippen molar-refractivity contribution in [2.45, 2.75) is 59.3 Å². The largest absolute Gasteiger partial charge is 0.338 e. The first-order valence-electron chi connectivity index (χ1n) is 7.91. The smallest absolute Gasteiger partial charge is 0.225 e. The SMILES string of the molecule is Cc1nc(N2CC(C)N(C)C(C)C2)ncc1CNC(C)C. The molecule has 21 heavy (non-hydrogen) atoms. The highest BCUT2D eigenvalue weighted by atomic mass is 15.3. The number of hydrogen-bond donors (Lipinski definition) is 1. The fourth-order valence-corrected chi connectivity index (χ4v) is 2.69. The summed E-state index contributed by atoms with van der Waals surface area (Å²) >= 11 is 0. The van der Waals surface area contributed by atoms with E-state index in [1.165, 1.54) is 5.56 Å². The lowest BCUT2D eigenvalue weighted by molar-refractivity contribution is 0.169. The summed E-state index contributed by atoms with van der Waals surface area (Å²) in [7, 11) is 2.19. The fraction of sp³-hybridized carbons (Fsp3) is 0.750. The van der Waals surface area contributed by atoms with E-state index in [0.717, 1.165) is 31.3 Å². The predicted octanol–water partition coefficient (Wildman–Crippen LogP) is 1.81. The molecule has 2 rings (SSSR count). The summed E-state index contributed by atoms with van der Waals surface area (Å²) in [5.74, 6) is 0.868. The molecule has 5 heteroatoms. The third-order valence-corrected chi connectivity index (χ3v) is 4.41. The van der Waals surface area contributed by atoms with Gasteiger partial charge in [-0.15, -0.1) is 0 Å². The molecule has 2 heterocycles. The van der Waals surface area contributed by atoms with Gasteiger partial charge in [-0.1, -0.05) is 13.8 Å². The number of aryl methyl sites for hydroxylation is 1. The molecule has 1 fully saturated rings. The first-order chi connectivity index (χ1) is 9.88. The molecule has 1 aliphatic rings. The summed E-state index contributed by atoms with van der Waals surface area (Å²) < 4.78 is 0. The van der Waals surface area contributed by atoms with Gasteiger partial charge in [0.05, 0.1) is 0 Å². The minimum atomic E-state index is 0.475. The van der Waals surface area contributed by atoms with E-state index in [4.69, 9.17) is 4.98 Å². The van der Waals surface area contributed by atoms with Gasteiger partial charge in [0.2, 0.25) is 5.95 Å². The normalized spacial score (nSPS) is 23.9. The van der Waals surface area contributed by atoms with Crippen LogP contribution in [0.1, 0.15) is 39.0 Å². The van der Waals surface area contributed by atoms with Crippen LogP contribution in [0.3, 0.4) is 0 Å². The van der Waals surface area contributed by atoms with Crippen LogP contribution in [0.2, 0.25) is 0 Å². The van der Waals surface area contributed by atoms with Crippen molar-refractivity contribution in [1.29, 1.82) is 0 Å². The second-order valence-corrected chi connectivity index (χ2v) is 6.58. The summed E-state index contributed by atoms with van der Waals surface area (Å²) in [6.07, 6.45) is 1.97. The Kier molecular flexibility index (Phi) is 5.17. The average molecular weight is 291 g/mol.